The summed E-state index contributed by atoms with van der Waals surface area (Å²) >= 11 is 0. The van der Waals surface area contributed by atoms with E-state index in [4.69, 9.17) is 23.7 Å². The standard InChI is InChI=1S/C24H29NO9S/c1-5-21(35(27,28)29)24(16-6-7-17-18(12-16)34-14-33-17)8-9-25(13-24)23(26)15-10-19(30-2)22(32-4)20(11-15)31-3/h6-7,10-12,21H,5,8-9,13-14H2,1-4H3,(H,27,28,29). The molecule has 2 aromatic rings. The number of rotatable bonds is 8. The molecule has 0 aromatic heterocycles. The molecule has 2 heterocycles. The van der Waals surface area contributed by atoms with Crippen molar-refractivity contribution in [1.82, 2.24) is 4.90 Å². The fraction of sp³-hybridized carbons (Fsp3) is 0.458. The molecule has 4 rings (SSSR count). The number of likely N-dealkylation sites (tertiary alicyclic amines) is 1. The molecule has 0 radical (unpaired) electrons. The summed E-state index contributed by atoms with van der Waals surface area (Å²) in [5, 5.41) is -1.12. The van der Waals surface area contributed by atoms with Crippen molar-refractivity contribution in [3.8, 4) is 28.7 Å². The second-order valence-corrected chi connectivity index (χ2v) is 10.1. The van der Waals surface area contributed by atoms with Gasteiger partial charge in [0.2, 0.25) is 12.5 Å². The first-order valence-corrected chi connectivity index (χ1v) is 12.6. The van der Waals surface area contributed by atoms with Gasteiger partial charge in [0, 0.05) is 24.1 Å². The van der Waals surface area contributed by atoms with Gasteiger partial charge < -0.3 is 28.6 Å². The molecule has 2 unspecified atom stereocenters. The zero-order chi connectivity index (χ0) is 25.4. The summed E-state index contributed by atoms with van der Waals surface area (Å²) in [6.45, 7) is 2.15. The van der Waals surface area contributed by atoms with Crippen molar-refractivity contribution >= 4 is 16.0 Å². The Morgan fingerprint density at radius 3 is 2.31 bits per heavy atom. The second kappa shape index (κ2) is 9.46. The molecule has 1 fully saturated rings. The van der Waals surface area contributed by atoms with Crippen molar-refractivity contribution in [2.24, 2.45) is 0 Å². The first-order chi connectivity index (χ1) is 16.7. The quantitative estimate of drug-likeness (QED) is 0.538. The van der Waals surface area contributed by atoms with Gasteiger partial charge in [-0.15, -0.1) is 0 Å². The molecular weight excluding hydrogens is 478 g/mol. The minimum atomic E-state index is -4.43. The molecule has 0 bridgehead atoms. The number of amides is 1. The maximum Gasteiger partial charge on any atom is 0.268 e. The largest absolute Gasteiger partial charge is 0.493 e. The third kappa shape index (κ3) is 4.34. The van der Waals surface area contributed by atoms with E-state index in [9.17, 15) is 17.8 Å². The van der Waals surface area contributed by atoms with Gasteiger partial charge in [0.1, 0.15) is 0 Å². The molecule has 0 spiro atoms. The predicted molar refractivity (Wildman–Crippen MR) is 126 cm³/mol. The van der Waals surface area contributed by atoms with E-state index in [0.29, 0.717) is 46.3 Å². The Labute approximate surface area is 204 Å². The number of fused-ring (bicyclic) bond motifs is 1. The van der Waals surface area contributed by atoms with E-state index in [-0.39, 0.29) is 32.2 Å². The lowest BCUT2D eigenvalue weighted by Gasteiger charge is -2.36. The van der Waals surface area contributed by atoms with E-state index < -0.39 is 20.8 Å². The highest BCUT2D eigenvalue weighted by molar-refractivity contribution is 7.86. The van der Waals surface area contributed by atoms with E-state index in [1.165, 1.54) is 21.3 Å². The van der Waals surface area contributed by atoms with Crippen LogP contribution in [0.1, 0.15) is 35.7 Å². The van der Waals surface area contributed by atoms with Gasteiger partial charge in [-0.05, 0) is 42.7 Å². The van der Waals surface area contributed by atoms with Crippen LogP contribution in [0.3, 0.4) is 0 Å². The SMILES string of the molecule is CCC(C1(c2ccc3c(c2)OCO3)CCN(C(=O)c2cc(OC)c(OC)c(OC)c2)C1)S(=O)(=O)O. The number of methoxy groups -OCH3 is 3. The summed E-state index contributed by atoms with van der Waals surface area (Å²) < 4.78 is 62.1. The van der Waals surface area contributed by atoms with E-state index in [0.717, 1.165) is 0 Å². The minimum absolute atomic E-state index is 0.0764. The average molecular weight is 508 g/mol. The minimum Gasteiger partial charge on any atom is -0.493 e. The molecule has 0 saturated carbocycles. The second-order valence-electron chi connectivity index (χ2n) is 8.53. The maximum atomic E-state index is 13.6. The Morgan fingerprint density at radius 2 is 1.74 bits per heavy atom. The third-order valence-corrected chi connectivity index (χ3v) is 8.30. The molecule has 2 atom stereocenters. The number of nitrogens with zero attached hydrogens (tertiary/aromatic N) is 1. The van der Waals surface area contributed by atoms with Crippen molar-refractivity contribution in [3.63, 3.8) is 0 Å². The van der Waals surface area contributed by atoms with Crippen LogP contribution < -0.4 is 23.7 Å². The van der Waals surface area contributed by atoms with Crippen LogP contribution in [0, 0.1) is 0 Å². The van der Waals surface area contributed by atoms with Gasteiger partial charge in [-0.3, -0.25) is 9.35 Å². The van der Waals surface area contributed by atoms with E-state index in [1.807, 2.05) is 0 Å². The molecule has 10 nitrogen and oxygen atoms in total. The highest BCUT2D eigenvalue weighted by Gasteiger charge is 2.51. The molecule has 2 aliphatic rings. The van der Waals surface area contributed by atoms with Crippen molar-refractivity contribution in [1.29, 1.82) is 0 Å². The lowest BCUT2D eigenvalue weighted by Crippen LogP contribution is -2.47. The molecule has 1 saturated heterocycles. The molecule has 1 amide bonds. The Bertz CT molecular complexity index is 1200. The normalized spacial score (nSPS) is 20.0. The zero-order valence-electron chi connectivity index (χ0n) is 20.1. The van der Waals surface area contributed by atoms with Crippen LogP contribution in [0.2, 0.25) is 0 Å². The predicted octanol–water partition coefficient (Wildman–Crippen LogP) is 2.89. The number of carbonyl (C=O) groups excluding carboxylic acids is 1. The van der Waals surface area contributed by atoms with E-state index in [2.05, 4.69) is 0 Å². The maximum absolute atomic E-state index is 13.6. The Morgan fingerprint density at radius 1 is 1.09 bits per heavy atom. The Kier molecular flexibility index (Phi) is 6.74. The summed E-state index contributed by atoms with van der Waals surface area (Å²) in [6.07, 6.45) is 0.501. The molecule has 190 valence electrons. The molecule has 1 N–H and O–H groups in total. The van der Waals surface area contributed by atoms with Crippen LogP contribution in [-0.4, -0.2) is 70.2 Å². The lowest BCUT2D eigenvalue weighted by molar-refractivity contribution is 0.0781. The summed E-state index contributed by atoms with van der Waals surface area (Å²) in [6, 6.07) is 8.35. The molecule has 11 heteroatoms. The van der Waals surface area contributed by atoms with E-state index in [1.54, 1.807) is 42.2 Å². The molecule has 35 heavy (non-hydrogen) atoms. The number of benzene rings is 2. The number of ether oxygens (including phenoxy) is 5. The summed E-state index contributed by atoms with van der Waals surface area (Å²) in [7, 11) is -0.0306. The summed E-state index contributed by atoms with van der Waals surface area (Å²) in [5.41, 5.74) is -0.0769. The van der Waals surface area contributed by atoms with Gasteiger partial charge in [0.25, 0.3) is 16.0 Å². The third-order valence-electron chi connectivity index (χ3n) is 6.79. The smallest absolute Gasteiger partial charge is 0.268 e. The summed E-state index contributed by atoms with van der Waals surface area (Å²) in [4.78, 5) is 15.1. The Hall–Kier alpha value is -3.18. The average Bonchev–Trinajstić information content (AvgIpc) is 3.49. The monoisotopic (exact) mass is 507 g/mol. The van der Waals surface area contributed by atoms with Crippen molar-refractivity contribution in [3.05, 3.63) is 41.5 Å². The molecule has 2 aliphatic heterocycles. The van der Waals surface area contributed by atoms with Gasteiger partial charge in [-0.2, -0.15) is 8.42 Å². The highest BCUT2D eigenvalue weighted by atomic mass is 32.2. The van der Waals surface area contributed by atoms with Crippen LogP contribution in [0.15, 0.2) is 30.3 Å². The van der Waals surface area contributed by atoms with Crippen molar-refractivity contribution in [2.45, 2.75) is 30.4 Å². The zero-order valence-corrected chi connectivity index (χ0v) is 20.9. The van der Waals surface area contributed by atoms with E-state index >= 15 is 0 Å². The number of hydrogen-bond donors (Lipinski definition) is 1. The van der Waals surface area contributed by atoms with Gasteiger partial charge in [-0.25, -0.2) is 0 Å². The van der Waals surface area contributed by atoms with Gasteiger partial charge in [0.05, 0.1) is 26.6 Å². The number of carbonyl (C=O) groups is 1. The van der Waals surface area contributed by atoms with Gasteiger partial charge in [0.15, 0.2) is 23.0 Å². The highest BCUT2D eigenvalue weighted by Crippen LogP contribution is 2.46. The fourth-order valence-corrected chi connectivity index (χ4v) is 6.49. The molecule has 0 aliphatic carbocycles. The van der Waals surface area contributed by atoms with Gasteiger partial charge >= 0.3 is 0 Å². The fourth-order valence-electron chi connectivity index (χ4n) is 5.17. The first kappa shape index (κ1) is 24.9. The Balaban J connectivity index is 1.75. The van der Waals surface area contributed by atoms with Crippen LogP contribution in [0.25, 0.3) is 0 Å². The van der Waals surface area contributed by atoms with Gasteiger partial charge in [-0.1, -0.05) is 13.0 Å². The molecule has 2 aromatic carbocycles. The van der Waals surface area contributed by atoms with Crippen LogP contribution >= 0.6 is 0 Å². The topological polar surface area (TPSA) is 121 Å². The van der Waals surface area contributed by atoms with Crippen LogP contribution in [0.5, 0.6) is 28.7 Å². The number of hydrogen-bond acceptors (Lipinski definition) is 8. The first-order valence-electron chi connectivity index (χ1n) is 11.1. The van der Waals surface area contributed by atoms with Crippen molar-refractivity contribution in [2.75, 3.05) is 41.2 Å². The molecular formula is C24H29NO9S. The van der Waals surface area contributed by atoms with Crippen LogP contribution in [-0.2, 0) is 15.5 Å². The summed E-state index contributed by atoms with van der Waals surface area (Å²) in [5.74, 6) is 1.77. The lowest BCUT2D eigenvalue weighted by atomic mass is 9.75. The van der Waals surface area contributed by atoms with Crippen LogP contribution in [0.4, 0.5) is 0 Å². The van der Waals surface area contributed by atoms with Crippen molar-refractivity contribution < 1.29 is 41.4 Å².